The maximum atomic E-state index is 13.7. The zero-order valence-corrected chi connectivity index (χ0v) is 12.4. The topological polar surface area (TPSA) is 32.5 Å². The molecule has 1 saturated heterocycles. The Bertz CT molecular complexity index is 476. The fraction of sp³-hybridized carbons (Fsp3) is 0.600. The third kappa shape index (κ3) is 3.16. The van der Waals surface area contributed by atoms with E-state index in [-0.39, 0.29) is 11.1 Å². The number of nitrogens with two attached hydrogens (primary N) is 1. The maximum absolute atomic E-state index is 13.7. The van der Waals surface area contributed by atoms with Crippen molar-refractivity contribution in [2.45, 2.75) is 25.4 Å². The van der Waals surface area contributed by atoms with Gasteiger partial charge in [0.05, 0.1) is 0 Å². The molecule has 0 aromatic heterocycles. The largest absolute Gasteiger partial charge is 0.323 e. The van der Waals surface area contributed by atoms with Crippen LogP contribution in [0.4, 0.5) is 8.78 Å². The zero-order valence-electron chi connectivity index (χ0n) is 12.4. The molecule has 0 saturated carbocycles. The molecule has 0 aliphatic carbocycles. The molecule has 1 fully saturated rings. The lowest BCUT2D eigenvalue weighted by atomic mass is 9.98. The first-order valence-corrected chi connectivity index (χ1v) is 6.94. The van der Waals surface area contributed by atoms with Crippen LogP contribution < -0.4 is 5.73 Å². The summed E-state index contributed by atoms with van der Waals surface area (Å²) in [5, 5.41) is 0. The van der Waals surface area contributed by atoms with Gasteiger partial charge in [-0.1, -0.05) is 12.1 Å². The van der Waals surface area contributed by atoms with Gasteiger partial charge in [0.2, 0.25) is 0 Å². The van der Waals surface area contributed by atoms with Crippen molar-refractivity contribution in [1.29, 1.82) is 0 Å². The lowest BCUT2D eigenvalue weighted by molar-refractivity contribution is 0.0370. The number of benzene rings is 1. The summed E-state index contributed by atoms with van der Waals surface area (Å²) >= 11 is 0. The van der Waals surface area contributed by atoms with Crippen molar-refractivity contribution in [3.05, 3.63) is 35.4 Å². The van der Waals surface area contributed by atoms with Crippen LogP contribution in [0.2, 0.25) is 0 Å². The third-order valence-electron chi connectivity index (χ3n) is 4.23. The van der Waals surface area contributed by atoms with Crippen molar-refractivity contribution in [2.24, 2.45) is 5.73 Å². The summed E-state index contributed by atoms with van der Waals surface area (Å²) in [6.07, 6.45) is 0. The Hall–Kier alpha value is -1.04. The van der Waals surface area contributed by atoms with Crippen molar-refractivity contribution in [2.75, 3.05) is 33.2 Å². The Morgan fingerprint density at radius 1 is 1.30 bits per heavy atom. The van der Waals surface area contributed by atoms with Crippen LogP contribution in [-0.2, 0) is 0 Å². The monoisotopic (exact) mass is 283 g/mol. The fourth-order valence-electron chi connectivity index (χ4n) is 2.68. The Kier molecular flexibility index (Phi) is 4.42. The van der Waals surface area contributed by atoms with Crippen molar-refractivity contribution < 1.29 is 8.78 Å². The van der Waals surface area contributed by atoms with Crippen LogP contribution in [0.5, 0.6) is 0 Å². The van der Waals surface area contributed by atoms with Gasteiger partial charge in [0.15, 0.2) is 11.6 Å². The minimum absolute atomic E-state index is 0.0679. The Morgan fingerprint density at radius 3 is 2.65 bits per heavy atom. The number of nitrogens with zero attached hydrogens (tertiary/aromatic N) is 2. The van der Waals surface area contributed by atoms with E-state index in [0.717, 1.165) is 25.7 Å². The van der Waals surface area contributed by atoms with E-state index < -0.39 is 17.7 Å². The molecule has 3 nitrogen and oxygen atoms in total. The van der Waals surface area contributed by atoms with Gasteiger partial charge < -0.3 is 5.73 Å². The molecule has 1 aromatic carbocycles. The minimum atomic E-state index is -0.836. The summed E-state index contributed by atoms with van der Waals surface area (Å²) in [6, 6.07) is 3.67. The molecule has 2 rings (SSSR count). The normalized spacial score (nSPS) is 21.9. The summed E-state index contributed by atoms with van der Waals surface area (Å²) < 4.78 is 27.0. The standard InChI is InChI=1S/C15H23F2N3/c1-15(2)10-20(8-7-19(15)3)9-13(18)11-5-4-6-12(16)14(11)17/h4-6,13H,7-10,18H2,1-3H3. The lowest BCUT2D eigenvalue weighted by Gasteiger charge is -2.46. The van der Waals surface area contributed by atoms with Gasteiger partial charge in [0.1, 0.15) is 0 Å². The summed E-state index contributed by atoms with van der Waals surface area (Å²) in [5.74, 6) is -1.66. The molecule has 1 aliphatic rings. The quantitative estimate of drug-likeness (QED) is 0.921. The SMILES string of the molecule is CN1CCN(CC(N)c2cccc(F)c2F)CC1(C)C. The van der Waals surface area contributed by atoms with Crippen molar-refractivity contribution >= 4 is 0 Å². The van der Waals surface area contributed by atoms with Crippen LogP contribution in [0.1, 0.15) is 25.5 Å². The predicted octanol–water partition coefficient (Wildman–Crippen LogP) is 1.99. The molecule has 2 N–H and O–H groups in total. The van der Waals surface area contributed by atoms with E-state index in [1.54, 1.807) is 6.07 Å². The van der Waals surface area contributed by atoms with Gasteiger partial charge in [-0.3, -0.25) is 9.80 Å². The number of hydrogen-bond donors (Lipinski definition) is 1. The van der Waals surface area contributed by atoms with Crippen LogP contribution >= 0.6 is 0 Å². The van der Waals surface area contributed by atoms with Crippen LogP contribution in [0.25, 0.3) is 0 Å². The number of rotatable bonds is 3. The maximum Gasteiger partial charge on any atom is 0.163 e. The molecule has 1 aliphatic heterocycles. The highest BCUT2D eigenvalue weighted by molar-refractivity contribution is 5.22. The van der Waals surface area contributed by atoms with E-state index in [1.165, 1.54) is 6.07 Å². The van der Waals surface area contributed by atoms with Crippen LogP contribution in [0.15, 0.2) is 18.2 Å². The van der Waals surface area contributed by atoms with Gasteiger partial charge >= 0.3 is 0 Å². The van der Waals surface area contributed by atoms with Gasteiger partial charge in [0, 0.05) is 43.3 Å². The van der Waals surface area contributed by atoms with Gasteiger partial charge in [-0.15, -0.1) is 0 Å². The van der Waals surface area contributed by atoms with Crippen molar-refractivity contribution in [3.63, 3.8) is 0 Å². The molecule has 0 radical (unpaired) electrons. The van der Waals surface area contributed by atoms with Crippen LogP contribution in [0, 0.1) is 11.6 Å². The molecule has 0 spiro atoms. The van der Waals surface area contributed by atoms with Crippen LogP contribution in [0.3, 0.4) is 0 Å². The molecular formula is C15H23F2N3. The first kappa shape index (κ1) is 15.4. The highest BCUT2D eigenvalue weighted by atomic mass is 19.2. The summed E-state index contributed by atoms with van der Waals surface area (Å²) in [4.78, 5) is 4.52. The van der Waals surface area contributed by atoms with Gasteiger partial charge in [-0.25, -0.2) is 8.78 Å². The second-order valence-corrected chi connectivity index (χ2v) is 6.22. The van der Waals surface area contributed by atoms with E-state index in [9.17, 15) is 8.78 Å². The second-order valence-electron chi connectivity index (χ2n) is 6.22. The zero-order chi connectivity index (χ0) is 14.9. The molecule has 5 heteroatoms. The van der Waals surface area contributed by atoms with E-state index >= 15 is 0 Å². The average molecular weight is 283 g/mol. The average Bonchev–Trinajstić information content (AvgIpc) is 2.36. The van der Waals surface area contributed by atoms with Crippen molar-refractivity contribution in [1.82, 2.24) is 9.80 Å². The highest BCUT2D eigenvalue weighted by Gasteiger charge is 2.31. The van der Waals surface area contributed by atoms with Crippen molar-refractivity contribution in [3.8, 4) is 0 Å². The molecule has 1 heterocycles. The fourth-order valence-corrected chi connectivity index (χ4v) is 2.68. The summed E-state index contributed by atoms with van der Waals surface area (Å²) in [5.41, 5.74) is 6.38. The Balaban J connectivity index is 2.05. The molecule has 1 atom stereocenters. The first-order chi connectivity index (χ1) is 9.31. The van der Waals surface area contributed by atoms with E-state index in [1.807, 2.05) is 0 Å². The number of likely N-dealkylation sites (N-methyl/N-ethyl adjacent to an activating group) is 1. The summed E-state index contributed by atoms with van der Waals surface area (Å²) in [7, 11) is 2.10. The molecule has 112 valence electrons. The van der Waals surface area contributed by atoms with E-state index in [4.69, 9.17) is 5.73 Å². The number of hydrogen-bond acceptors (Lipinski definition) is 3. The third-order valence-corrected chi connectivity index (χ3v) is 4.23. The van der Waals surface area contributed by atoms with E-state index in [2.05, 4.69) is 30.7 Å². The molecular weight excluding hydrogens is 260 g/mol. The summed E-state index contributed by atoms with van der Waals surface area (Å²) in [6.45, 7) is 7.60. The Morgan fingerprint density at radius 2 is 2.00 bits per heavy atom. The van der Waals surface area contributed by atoms with Gasteiger partial charge in [-0.2, -0.15) is 0 Å². The number of piperazine rings is 1. The predicted molar refractivity (Wildman–Crippen MR) is 76.4 cm³/mol. The van der Waals surface area contributed by atoms with Gasteiger partial charge in [-0.05, 0) is 27.0 Å². The second kappa shape index (κ2) is 5.76. The molecule has 20 heavy (non-hydrogen) atoms. The number of halogens is 2. The smallest absolute Gasteiger partial charge is 0.163 e. The van der Waals surface area contributed by atoms with Gasteiger partial charge in [0.25, 0.3) is 0 Å². The minimum Gasteiger partial charge on any atom is -0.323 e. The molecule has 1 aromatic rings. The van der Waals surface area contributed by atoms with E-state index in [0.29, 0.717) is 6.54 Å². The highest BCUT2D eigenvalue weighted by Crippen LogP contribution is 2.22. The molecule has 1 unspecified atom stereocenters. The van der Waals surface area contributed by atoms with Crippen LogP contribution in [-0.4, -0.2) is 48.6 Å². The molecule has 0 amide bonds. The first-order valence-electron chi connectivity index (χ1n) is 6.94. The molecule has 0 bridgehead atoms. The lowest BCUT2D eigenvalue weighted by Crippen LogP contribution is -2.58. The Labute approximate surface area is 119 Å².